The van der Waals surface area contributed by atoms with Crippen LogP contribution in [-0.4, -0.2) is 18.4 Å². The van der Waals surface area contributed by atoms with E-state index in [0.29, 0.717) is 0 Å². The molecule has 0 aromatic heterocycles. The number of amides is 2. The van der Waals surface area contributed by atoms with E-state index in [9.17, 15) is 14.0 Å². The molecule has 28 heavy (non-hydrogen) atoms. The summed E-state index contributed by atoms with van der Waals surface area (Å²) < 4.78 is 12.9. The molecule has 0 bridgehead atoms. The first kappa shape index (κ1) is 20.8. The molecular formula is C23H23FN2O2. The Hall–Kier alpha value is -3.47. The minimum Gasteiger partial charge on any atom is -0.344 e. The molecule has 0 aliphatic rings. The van der Waals surface area contributed by atoms with E-state index in [1.807, 2.05) is 31.2 Å². The zero-order valence-electron chi connectivity index (χ0n) is 15.7. The fraction of sp³-hybridized carbons (Fsp3) is 0.130. The molecule has 2 rings (SSSR count). The van der Waals surface area contributed by atoms with Crippen molar-refractivity contribution in [3.8, 4) is 0 Å². The number of carbonyl (C=O) groups is 2. The van der Waals surface area contributed by atoms with Gasteiger partial charge in [-0.25, -0.2) is 4.39 Å². The topological polar surface area (TPSA) is 58.2 Å². The van der Waals surface area contributed by atoms with Crippen LogP contribution >= 0.6 is 0 Å². The van der Waals surface area contributed by atoms with Crippen LogP contribution in [0.2, 0.25) is 0 Å². The molecule has 144 valence electrons. The van der Waals surface area contributed by atoms with Gasteiger partial charge in [-0.05, 0) is 42.3 Å². The van der Waals surface area contributed by atoms with Crippen molar-refractivity contribution < 1.29 is 14.0 Å². The molecule has 0 aliphatic heterocycles. The predicted molar refractivity (Wildman–Crippen MR) is 109 cm³/mol. The average Bonchev–Trinajstić information content (AvgIpc) is 2.70. The second-order valence-corrected chi connectivity index (χ2v) is 6.21. The lowest BCUT2D eigenvalue weighted by Gasteiger charge is -2.21. The number of benzene rings is 2. The maximum atomic E-state index is 12.9. The Morgan fingerprint density at radius 1 is 1.07 bits per heavy atom. The Kier molecular flexibility index (Phi) is 7.45. The second kappa shape index (κ2) is 10.0. The third-order valence-corrected chi connectivity index (χ3v) is 4.11. The molecule has 0 heterocycles. The number of halogens is 1. The van der Waals surface area contributed by atoms with Crippen LogP contribution in [0.4, 0.5) is 4.39 Å². The summed E-state index contributed by atoms with van der Waals surface area (Å²) in [7, 11) is 0. The van der Waals surface area contributed by atoms with Gasteiger partial charge < -0.3 is 10.6 Å². The summed E-state index contributed by atoms with van der Waals surface area (Å²) >= 11 is 0. The van der Waals surface area contributed by atoms with E-state index in [0.717, 1.165) is 16.7 Å². The van der Waals surface area contributed by atoms with Crippen molar-refractivity contribution in [1.82, 2.24) is 10.6 Å². The van der Waals surface area contributed by atoms with Crippen molar-refractivity contribution in [3.05, 3.63) is 108 Å². The molecule has 0 aliphatic carbocycles. The highest BCUT2D eigenvalue weighted by molar-refractivity contribution is 5.96. The van der Waals surface area contributed by atoms with Gasteiger partial charge in [0.1, 0.15) is 5.82 Å². The fourth-order valence-electron chi connectivity index (χ4n) is 2.61. The summed E-state index contributed by atoms with van der Waals surface area (Å²) in [5.74, 6) is -1.24. The molecule has 5 heteroatoms. The smallest absolute Gasteiger partial charge is 0.251 e. The summed E-state index contributed by atoms with van der Waals surface area (Å²) in [6.07, 6.45) is 5.05. The zero-order valence-corrected chi connectivity index (χ0v) is 15.7. The highest BCUT2D eigenvalue weighted by Gasteiger charge is 2.18. The van der Waals surface area contributed by atoms with Gasteiger partial charge in [0.2, 0.25) is 5.91 Å². The van der Waals surface area contributed by atoms with Gasteiger partial charge >= 0.3 is 0 Å². The number of carbonyl (C=O) groups excluding carboxylic acids is 2. The number of hydrogen-bond acceptors (Lipinski definition) is 2. The van der Waals surface area contributed by atoms with Gasteiger partial charge in [-0.1, -0.05) is 61.2 Å². The standard InChI is InChI=1S/C23H23FN2O2/c1-4-6-17(5-2)22(18-9-7-16(3)8-10-18)26-21(27)15-25-23(28)19-11-13-20(24)14-12-19/h4-14,22H,1-2,15H2,3H3,(H,25,28)(H,26,27)/b17-6+. The number of aryl methyl sites for hydroxylation is 1. The third kappa shape index (κ3) is 5.77. The zero-order chi connectivity index (χ0) is 20.5. The van der Waals surface area contributed by atoms with Gasteiger partial charge in [-0.2, -0.15) is 0 Å². The lowest BCUT2D eigenvalue weighted by atomic mass is 9.97. The summed E-state index contributed by atoms with van der Waals surface area (Å²) in [6, 6.07) is 12.5. The van der Waals surface area contributed by atoms with Crippen molar-refractivity contribution in [2.45, 2.75) is 13.0 Å². The number of hydrogen-bond donors (Lipinski definition) is 2. The minimum atomic E-state index is -0.451. The summed E-state index contributed by atoms with van der Waals surface area (Å²) in [6.45, 7) is 9.27. The van der Waals surface area contributed by atoms with Crippen LogP contribution in [0.25, 0.3) is 0 Å². The van der Waals surface area contributed by atoms with E-state index in [2.05, 4.69) is 23.8 Å². The van der Waals surface area contributed by atoms with E-state index >= 15 is 0 Å². The number of nitrogens with one attached hydrogen (secondary N) is 2. The van der Waals surface area contributed by atoms with E-state index in [1.54, 1.807) is 18.2 Å². The van der Waals surface area contributed by atoms with Crippen LogP contribution in [0, 0.1) is 12.7 Å². The highest BCUT2D eigenvalue weighted by atomic mass is 19.1. The van der Waals surface area contributed by atoms with Gasteiger partial charge in [0.05, 0.1) is 12.6 Å². The molecular weight excluding hydrogens is 355 g/mol. The largest absolute Gasteiger partial charge is 0.344 e. The van der Waals surface area contributed by atoms with Crippen LogP contribution in [0.3, 0.4) is 0 Å². The molecule has 1 unspecified atom stereocenters. The Bertz CT molecular complexity index is 884. The van der Waals surface area contributed by atoms with Crippen molar-refractivity contribution in [2.24, 2.45) is 0 Å². The van der Waals surface area contributed by atoms with E-state index < -0.39 is 17.8 Å². The van der Waals surface area contributed by atoms with Gasteiger partial charge in [-0.3, -0.25) is 9.59 Å². The molecule has 4 nitrogen and oxygen atoms in total. The van der Waals surface area contributed by atoms with Crippen LogP contribution in [0.1, 0.15) is 27.5 Å². The van der Waals surface area contributed by atoms with Gasteiger partial charge in [-0.15, -0.1) is 0 Å². The van der Waals surface area contributed by atoms with Crippen molar-refractivity contribution >= 4 is 11.8 Å². The molecule has 2 aromatic rings. The lowest BCUT2D eigenvalue weighted by Crippen LogP contribution is -2.39. The Morgan fingerprint density at radius 3 is 2.29 bits per heavy atom. The predicted octanol–water partition coefficient (Wildman–Crippen LogP) is 4.02. The van der Waals surface area contributed by atoms with Gasteiger partial charge in [0, 0.05) is 5.56 Å². The summed E-state index contributed by atoms with van der Waals surface area (Å²) in [5, 5.41) is 5.44. The number of allylic oxidation sites excluding steroid dienone is 2. The second-order valence-electron chi connectivity index (χ2n) is 6.21. The molecule has 0 radical (unpaired) electrons. The quantitative estimate of drug-likeness (QED) is 0.682. The highest BCUT2D eigenvalue weighted by Crippen LogP contribution is 2.23. The third-order valence-electron chi connectivity index (χ3n) is 4.11. The molecule has 0 spiro atoms. The van der Waals surface area contributed by atoms with E-state index in [4.69, 9.17) is 0 Å². The molecule has 2 N–H and O–H groups in total. The van der Waals surface area contributed by atoms with Crippen LogP contribution < -0.4 is 10.6 Å². The van der Waals surface area contributed by atoms with Crippen molar-refractivity contribution in [2.75, 3.05) is 6.54 Å². The van der Waals surface area contributed by atoms with Crippen LogP contribution in [0.5, 0.6) is 0 Å². The van der Waals surface area contributed by atoms with Crippen LogP contribution in [0.15, 0.2) is 85.5 Å². The SMILES string of the molecule is C=C/C=C(\C=C)C(NC(=O)CNC(=O)c1ccc(F)cc1)c1ccc(C)cc1. The Morgan fingerprint density at radius 2 is 1.71 bits per heavy atom. The first-order valence-electron chi connectivity index (χ1n) is 8.79. The minimum absolute atomic E-state index is 0.211. The van der Waals surface area contributed by atoms with Gasteiger partial charge in [0.25, 0.3) is 5.91 Å². The Labute approximate surface area is 164 Å². The van der Waals surface area contributed by atoms with Gasteiger partial charge in [0.15, 0.2) is 0 Å². The normalized spacial score (nSPS) is 12.0. The molecule has 2 amide bonds. The lowest BCUT2D eigenvalue weighted by molar-refractivity contribution is -0.120. The molecule has 2 aromatic carbocycles. The maximum absolute atomic E-state index is 12.9. The molecule has 0 saturated heterocycles. The average molecular weight is 378 g/mol. The molecule has 0 fully saturated rings. The van der Waals surface area contributed by atoms with Crippen molar-refractivity contribution in [3.63, 3.8) is 0 Å². The molecule has 0 saturated carbocycles. The van der Waals surface area contributed by atoms with E-state index in [1.165, 1.54) is 24.3 Å². The van der Waals surface area contributed by atoms with Crippen LogP contribution in [-0.2, 0) is 4.79 Å². The molecule has 1 atom stereocenters. The van der Waals surface area contributed by atoms with E-state index in [-0.39, 0.29) is 18.0 Å². The maximum Gasteiger partial charge on any atom is 0.251 e. The number of rotatable bonds is 8. The summed E-state index contributed by atoms with van der Waals surface area (Å²) in [5.41, 5.74) is 3.05. The monoisotopic (exact) mass is 378 g/mol. The first-order chi connectivity index (χ1) is 13.4. The fourth-order valence-corrected chi connectivity index (χ4v) is 2.61. The van der Waals surface area contributed by atoms with Crippen molar-refractivity contribution in [1.29, 1.82) is 0 Å². The summed E-state index contributed by atoms with van der Waals surface area (Å²) in [4.78, 5) is 24.5. The Balaban J connectivity index is 2.09. The first-order valence-corrected chi connectivity index (χ1v) is 8.79.